The van der Waals surface area contributed by atoms with Crippen molar-refractivity contribution in [2.75, 3.05) is 11.9 Å². The van der Waals surface area contributed by atoms with Crippen LogP contribution in [0.4, 0.5) is 28.0 Å². The molecule has 0 aliphatic carbocycles. The van der Waals surface area contributed by atoms with Crippen molar-refractivity contribution in [3.05, 3.63) is 77.4 Å². The Balaban J connectivity index is 1.27. The number of ether oxygens (including phenoxy) is 4. The molecular formula is C28H23F4N3O5. The lowest BCUT2D eigenvalue weighted by atomic mass is 10.00. The van der Waals surface area contributed by atoms with E-state index in [0.717, 1.165) is 11.3 Å². The monoisotopic (exact) mass is 557 g/mol. The van der Waals surface area contributed by atoms with Crippen molar-refractivity contribution in [1.29, 1.82) is 0 Å². The lowest BCUT2D eigenvalue weighted by molar-refractivity contribution is -0.286. The Morgan fingerprint density at radius 3 is 2.40 bits per heavy atom. The van der Waals surface area contributed by atoms with Gasteiger partial charge in [0, 0.05) is 28.8 Å². The zero-order chi connectivity index (χ0) is 28.2. The summed E-state index contributed by atoms with van der Waals surface area (Å²) >= 11 is 0. The molecule has 0 unspecified atom stereocenters. The lowest BCUT2D eigenvalue weighted by Gasteiger charge is -2.19. The van der Waals surface area contributed by atoms with Gasteiger partial charge in [-0.1, -0.05) is 6.07 Å². The molecule has 3 aromatic carbocycles. The summed E-state index contributed by atoms with van der Waals surface area (Å²) < 4.78 is 71.9. The van der Waals surface area contributed by atoms with Crippen LogP contribution in [0.15, 0.2) is 60.7 Å². The third-order valence-corrected chi connectivity index (χ3v) is 6.54. The molecule has 8 nitrogen and oxygen atoms in total. The van der Waals surface area contributed by atoms with Gasteiger partial charge in [-0.25, -0.2) is 9.80 Å². The average Bonchev–Trinajstić information content (AvgIpc) is 3.54. The molecule has 0 saturated carbocycles. The SMILES string of the molecule is CC1(C)Cc2cc(NC(=O)N3CC(c4ccc5c(c4)OC(F)(F)O5)=C(c4ccc(OC(F)F)cc4)N3)ccc2O1. The third kappa shape index (κ3) is 5.04. The number of alkyl halides is 4. The zero-order valence-corrected chi connectivity index (χ0v) is 21.3. The van der Waals surface area contributed by atoms with Crippen molar-refractivity contribution in [1.82, 2.24) is 10.4 Å². The maximum Gasteiger partial charge on any atom is 0.586 e. The van der Waals surface area contributed by atoms with E-state index >= 15 is 0 Å². The second-order valence-electron chi connectivity index (χ2n) is 10.1. The number of hydrogen-bond acceptors (Lipinski definition) is 6. The van der Waals surface area contributed by atoms with E-state index < -0.39 is 18.9 Å². The summed E-state index contributed by atoms with van der Waals surface area (Å²) in [5.74, 6) is 0.457. The zero-order valence-electron chi connectivity index (χ0n) is 21.3. The van der Waals surface area contributed by atoms with E-state index in [1.54, 1.807) is 30.3 Å². The van der Waals surface area contributed by atoms with Gasteiger partial charge in [-0.3, -0.25) is 5.43 Å². The molecule has 0 atom stereocenters. The van der Waals surface area contributed by atoms with Crippen molar-refractivity contribution in [3.63, 3.8) is 0 Å². The summed E-state index contributed by atoms with van der Waals surface area (Å²) in [5.41, 5.74) is 6.34. The smallest absolute Gasteiger partial charge is 0.487 e. The number of amides is 2. The molecule has 0 fully saturated rings. The van der Waals surface area contributed by atoms with Crippen molar-refractivity contribution in [3.8, 4) is 23.0 Å². The first kappa shape index (κ1) is 25.7. The van der Waals surface area contributed by atoms with Gasteiger partial charge in [-0.05, 0) is 74.0 Å². The molecule has 40 heavy (non-hydrogen) atoms. The van der Waals surface area contributed by atoms with Gasteiger partial charge >= 0.3 is 18.9 Å². The van der Waals surface area contributed by atoms with Gasteiger partial charge in [0.25, 0.3) is 0 Å². The van der Waals surface area contributed by atoms with Crippen LogP contribution < -0.4 is 29.7 Å². The maximum atomic E-state index is 13.6. The Bertz CT molecular complexity index is 1520. The number of nitrogens with zero attached hydrogens (tertiary/aromatic N) is 1. The highest BCUT2D eigenvalue weighted by atomic mass is 19.3. The van der Waals surface area contributed by atoms with Crippen LogP contribution in [-0.4, -0.2) is 36.1 Å². The highest BCUT2D eigenvalue weighted by Gasteiger charge is 2.43. The molecule has 0 saturated heterocycles. The molecule has 3 aliphatic heterocycles. The molecule has 12 heteroatoms. The van der Waals surface area contributed by atoms with E-state index in [1.807, 2.05) is 19.9 Å². The first-order valence-electron chi connectivity index (χ1n) is 12.3. The van der Waals surface area contributed by atoms with Crippen LogP contribution in [0.2, 0.25) is 0 Å². The van der Waals surface area contributed by atoms with Gasteiger partial charge in [0.15, 0.2) is 11.5 Å². The fourth-order valence-electron chi connectivity index (χ4n) is 4.89. The minimum atomic E-state index is -3.78. The van der Waals surface area contributed by atoms with Gasteiger partial charge in [0.1, 0.15) is 17.1 Å². The minimum Gasteiger partial charge on any atom is -0.487 e. The average molecular weight is 558 g/mol. The van der Waals surface area contributed by atoms with E-state index in [0.29, 0.717) is 34.5 Å². The van der Waals surface area contributed by atoms with Crippen molar-refractivity contribution >= 4 is 23.0 Å². The van der Waals surface area contributed by atoms with Crippen LogP contribution in [0, 0.1) is 0 Å². The number of halogens is 4. The summed E-state index contributed by atoms with van der Waals surface area (Å²) in [4.78, 5) is 13.3. The minimum absolute atomic E-state index is 0.0393. The molecule has 3 aromatic rings. The van der Waals surface area contributed by atoms with Crippen LogP contribution in [0.25, 0.3) is 11.3 Å². The second kappa shape index (κ2) is 9.25. The van der Waals surface area contributed by atoms with Crippen molar-refractivity contribution in [2.45, 2.75) is 38.8 Å². The topological polar surface area (TPSA) is 81.3 Å². The quantitative estimate of drug-likeness (QED) is 0.362. The van der Waals surface area contributed by atoms with Crippen molar-refractivity contribution < 1.29 is 41.3 Å². The first-order chi connectivity index (χ1) is 18.9. The van der Waals surface area contributed by atoms with Gasteiger partial charge < -0.3 is 24.3 Å². The van der Waals surface area contributed by atoms with Gasteiger partial charge in [-0.2, -0.15) is 8.78 Å². The Labute approximate surface area is 226 Å². The van der Waals surface area contributed by atoms with Crippen LogP contribution >= 0.6 is 0 Å². The third-order valence-electron chi connectivity index (χ3n) is 6.54. The molecule has 3 aliphatic rings. The molecule has 6 rings (SSSR count). The molecule has 0 spiro atoms. The number of hydrogen-bond donors (Lipinski definition) is 2. The fraction of sp³-hybridized carbons (Fsp3) is 0.250. The second-order valence-corrected chi connectivity index (χ2v) is 10.1. The predicted molar refractivity (Wildman–Crippen MR) is 136 cm³/mol. The number of rotatable bonds is 5. The molecular weight excluding hydrogens is 534 g/mol. The van der Waals surface area contributed by atoms with E-state index in [4.69, 9.17) is 4.74 Å². The molecule has 2 N–H and O–H groups in total. The summed E-state index contributed by atoms with van der Waals surface area (Å²) in [6, 6.07) is 15.1. The molecule has 3 heterocycles. The molecule has 208 valence electrons. The number of hydrazine groups is 1. The number of anilines is 1. The number of carbonyl (C=O) groups is 1. The summed E-state index contributed by atoms with van der Waals surface area (Å²) in [6.45, 7) is 1.04. The standard InChI is InChI=1S/C28H23F4N3O5/c1-27(2)13-17-11-18(6-10-21(17)38-27)33-26(36)35-14-20(16-5-9-22-23(12-16)40-28(31,32)39-22)24(34-35)15-3-7-19(8-4-15)37-25(29)30/h3-12,25,34H,13-14H2,1-2H3,(H,33,36). The van der Waals surface area contributed by atoms with E-state index in [2.05, 4.69) is 25.0 Å². The maximum absolute atomic E-state index is 13.6. The lowest BCUT2D eigenvalue weighted by Crippen LogP contribution is -2.40. The van der Waals surface area contributed by atoms with Gasteiger partial charge in [0.05, 0.1) is 12.2 Å². The van der Waals surface area contributed by atoms with E-state index in [1.165, 1.54) is 29.3 Å². The Morgan fingerprint density at radius 1 is 0.950 bits per heavy atom. The van der Waals surface area contributed by atoms with Gasteiger partial charge in [-0.15, -0.1) is 8.78 Å². The first-order valence-corrected chi connectivity index (χ1v) is 12.3. The summed E-state index contributed by atoms with van der Waals surface area (Å²) in [7, 11) is 0. The largest absolute Gasteiger partial charge is 0.586 e. The number of fused-ring (bicyclic) bond motifs is 2. The van der Waals surface area contributed by atoms with Crippen LogP contribution in [0.5, 0.6) is 23.0 Å². The predicted octanol–water partition coefficient (Wildman–Crippen LogP) is 6.24. The Kier molecular flexibility index (Phi) is 5.93. The normalized spacial score (nSPS) is 17.9. The Hall–Kier alpha value is -4.61. The van der Waals surface area contributed by atoms with Crippen LogP contribution in [-0.2, 0) is 6.42 Å². The summed E-state index contributed by atoms with van der Waals surface area (Å²) in [5, 5.41) is 4.18. The van der Waals surface area contributed by atoms with Gasteiger partial charge in [0.2, 0.25) is 0 Å². The number of carbonyl (C=O) groups excluding carboxylic acids is 1. The number of benzene rings is 3. The fourth-order valence-corrected chi connectivity index (χ4v) is 4.89. The van der Waals surface area contributed by atoms with E-state index in [9.17, 15) is 22.4 Å². The summed E-state index contributed by atoms with van der Waals surface area (Å²) in [6.07, 6.45) is -3.09. The molecule has 0 aromatic heterocycles. The molecule has 0 bridgehead atoms. The molecule has 0 radical (unpaired) electrons. The highest BCUT2D eigenvalue weighted by molar-refractivity contribution is 5.99. The van der Waals surface area contributed by atoms with E-state index in [-0.39, 0.29) is 29.4 Å². The Morgan fingerprint density at radius 2 is 1.65 bits per heavy atom. The number of urea groups is 1. The molecule has 2 amide bonds. The van der Waals surface area contributed by atoms with Crippen LogP contribution in [0.1, 0.15) is 30.5 Å². The van der Waals surface area contributed by atoms with Crippen LogP contribution in [0.3, 0.4) is 0 Å². The van der Waals surface area contributed by atoms with Crippen molar-refractivity contribution in [2.24, 2.45) is 0 Å². The number of nitrogens with one attached hydrogen (secondary N) is 2. The highest BCUT2D eigenvalue weighted by Crippen LogP contribution is 2.43.